The normalized spacial score (nSPS) is 10.4. The fourth-order valence-electron chi connectivity index (χ4n) is 2.59. The molecular formula is C20H24N2O5S. The first kappa shape index (κ1) is 21.6. The molecule has 1 amide bonds. The predicted molar refractivity (Wildman–Crippen MR) is 107 cm³/mol. The van der Waals surface area contributed by atoms with Crippen LogP contribution in [0.2, 0.25) is 0 Å². The first-order chi connectivity index (χ1) is 13.4. The Kier molecular flexibility index (Phi) is 8.13. The van der Waals surface area contributed by atoms with E-state index in [1.165, 1.54) is 0 Å². The fourth-order valence-corrected chi connectivity index (χ4v) is 3.38. The van der Waals surface area contributed by atoms with E-state index in [0.29, 0.717) is 29.1 Å². The zero-order valence-electron chi connectivity index (χ0n) is 16.2. The highest BCUT2D eigenvalue weighted by Crippen LogP contribution is 2.20. The number of ether oxygens (including phenoxy) is 2. The number of aromatic amines is 1. The minimum absolute atomic E-state index is 0.146. The Morgan fingerprint density at radius 2 is 1.79 bits per heavy atom. The van der Waals surface area contributed by atoms with Crippen molar-refractivity contribution in [3.05, 3.63) is 52.8 Å². The number of benzene rings is 1. The van der Waals surface area contributed by atoms with Crippen LogP contribution in [-0.2, 0) is 14.3 Å². The summed E-state index contributed by atoms with van der Waals surface area (Å²) in [5.41, 5.74) is 1.43. The molecule has 28 heavy (non-hydrogen) atoms. The van der Waals surface area contributed by atoms with Gasteiger partial charge in [0.1, 0.15) is 5.69 Å². The summed E-state index contributed by atoms with van der Waals surface area (Å²) in [6.45, 7) is 5.33. The second-order valence-electron chi connectivity index (χ2n) is 5.93. The Balaban J connectivity index is 1.79. The van der Waals surface area contributed by atoms with Crippen molar-refractivity contribution in [3.63, 3.8) is 0 Å². The Morgan fingerprint density at radius 3 is 2.46 bits per heavy atom. The van der Waals surface area contributed by atoms with Crippen LogP contribution >= 0.6 is 11.8 Å². The number of hydrogen-bond acceptors (Lipinski definition) is 6. The van der Waals surface area contributed by atoms with Crippen molar-refractivity contribution in [3.8, 4) is 0 Å². The average Bonchev–Trinajstić information content (AvgIpc) is 2.98. The molecule has 1 aromatic heterocycles. The lowest BCUT2D eigenvalue weighted by Crippen LogP contribution is -2.30. The van der Waals surface area contributed by atoms with Gasteiger partial charge in [0, 0.05) is 22.9 Å². The monoisotopic (exact) mass is 404 g/mol. The van der Waals surface area contributed by atoms with Crippen LogP contribution in [0.25, 0.3) is 0 Å². The minimum atomic E-state index is -0.690. The van der Waals surface area contributed by atoms with Gasteiger partial charge in [-0.25, -0.2) is 9.59 Å². The van der Waals surface area contributed by atoms with Gasteiger partial charge in [-0.1, -0.05) is 18.2 Å². The van der Waals surface area contributed by atoms with Crippen molar-refractivity contribution in [2.24, 2.45) is 0 Å². The molecule has 0 radical (unpaired) electrons. The lowest BCUT2D eigenvalue weighted by atomic mass is 10.1. The number of esters is 2. The van der Waals surface area contributed by atoms with E-state index in [4.69, 9.17) is 9.47 Å². The highest BCUT2D eigenvalue weighted by molar-refractivity contribution is 7.99. The van der Waals surface area contributed by atoms with Crippen LogP contribution in [0, 0.1) is 13.8 Å². The molecule has 0 saturated heterocycles. The first-order valence-electron chi connectivity index (χ1n) is 8.92. The summed E-state index contributed by atoms with van der Waals surface area (Å²) in [6.07, 6.45) is 0. The quantitative estimate of drug-likeness (QED) is 0.379. The molecule has 0 aliphatic heterocycles. The number of aryl methyl sites for hydroxylation is 1. The maximum absolute atomic E-state index is 12.2. The van der Waals surface area contributed by atoms with Gasteiger partial charge >= 0.3 is 11.9 Å². The number of amides is 1. The molecule has 0 unspecified atom stereocenters. The molecule has 0 saturated carbocycles. The van der Waals surface area contributed by atoms with Gasteiger partial charge in [-0.05, 0) is 38.5 Å². The van der Waals surface area contributed by atoms with E-state index in [9.17, 15) is 14.4 Å². The first-order valence-corrected chi connectivity index (χ1v) is 9.90. The molecule has 0 spiro atoms. The number of thioether (sulfide) groups is 1. The van der Waals surface area contributed by atoms with E-state index in [1.54, 1.807) is 32.5 Å². The third-order valence-electron chi connectivity index (χ3n) is 3.89. The number of carbonyl (C=O) groups is 3. The van der Waals surface area contributed by atoms with Gasteiger partial charge in [-0.3, -0.25) is 4.79 Å². The summed E-state index contributed by atoms with van der Waals surface area (Å²) < 4.78 is 10.0. The molecule has 1 aromatic carbocycles. The van der Waals surface area contributed by atoms with E-state index in [0.717, 1.165) is 4.90 Å². The van der Waals surface area contributed by atoms with Gasteiger partial charge in [0.05, 0.1) is 12.2 Å². The molecule has 150 valence electrons. The zero-order chi connectivity index (χ0) is 20.5. The minimum Gasteiger partial charge on any atom is -0.462 e. The Labute approximate surface area is 168 Å². The molecule has 0 aliphatic carbocycles. The van der Waals surface area contributed by atoms with E-state index in [-0.39, 0.29) is 24.8 Å². The summed E-state index contributed by atoms with van der Waals surface area (Å²) in [7, 11) is 0. The van der Waals surface area contributed by atoms with Gasteiger partial charge in [-0.2, -0.15) is 0 Å². The van der Waals surface area contributed by atoms with Crippen molar-refractivity contribution in [2.75, 3.05) is 25.5 Å². The van der Waals surface area contributed by atoms with Crippen LogP contribution in [0.3, 0.4) is 0 Å². The maximum atomic E-state index is 12.2. The number of rotatable bonds is 9. The third-order valence-corrected chi connectivity index (χ3v) is 4.91. The highest BCUT2D eigenvalue weighted by Gasteiger charge is 2.24. The number of aromatic nitrogens is 1. The van der Waals surface area contributed by atoms with Crippen molar-refractivity contribution < 1.29 is 23.9 Å². The van der Waals surface area contributed by atoms with Gasteiger partial charge in [0.15, 0.2) is 6.61 Å². The van der Waals surface area contributed by atoms with E-state index in [1.807, 2.05) is 30.3 Å². The smallest absolute Gasteiger partial charge is 0.355 e. The van der Waals surface area contributed by atoms with Crippen molar-refractivity contribution >= 4 is 29.6 Å². The standard InChI is InChI=1S/C20H24N2O5S/c1-4-26-19(24)17-13(2)18(22-14(17)3)20(25)27-12-16(23)21-10-11-28-15-8-6-5-7-9-15/h5-9,22H,4,10-12H2,1-3H3,(H,21,23). The molecule has 2 aromatic rings. The Morgan fingerprint density at radius 1 is 1.07 bits per heavy atom. The number of nitrogens with one attached hydrogen (secondary N) is 2. The Bertz CT molecular complexity index is 833. The molecule has 2 N–H and O–H groups in total. The summed E-state index contributed by atoms with van der Waals surface area (Å²) >= 11 is 1.63. The second kappa shape index (κ2) is 10.6. The van der Waals surface area contributed by atoms with Crippen molar-refractivity contribution in [1.82, 2.24) is 10.3 Å². The van der Waals surface area contributed by atoms with E-state index < -0.39 is 11.9 Å². The topological polar surface area (TPSA) is 97.5 Å². The zero-order valence-corrected chi connectivity index (χ0v) is 17.0. The highest BCUT2D eigenvalue weighted by atomic mass is 32.2. The van der Waals surface area contributed by atoms with Gasteiger partial charge in [0.2, 0.25) is 0 Å². The fraction of sp³-hybridized carbons (Fsp3) is 0.350. The van der Waals surface area contributed by atoms with Crippen molar-refractivity contribution in [1.29, 1.82) is 0 Å². The SMILES string of the molecule is CCOC(=O)c1c(C)[nH]c(C(=O)OCC(=O)NCCSc2ccccc2)c1C. The molecular weight excluding hydrogens is 380 g/mol. The van der Waals surface area contributed by atoms with Crippen LogP contribution in [0.4, 0.5) is 0 Å². The molecule has 2 rings (SSSR count). The van der Waals surface area contributed by atoms with Crippen LogP contribution in [0.15, 0.2) is 35.2 Å². The van der Waals surface area contributed by atoms with Crippen molar-refractivity contribution in [2.45, 2.75) is 25.7 Å². The van der Waals surface area contributed by atoms with Crippen LogP contribution in [-0.4, -0.2) is 48.3 Å². The van der Waals surface area contributed by atoms with Crippen LogP contribution in [0.5, 0.6) is 0 Å². The molecule has 0 bridgehead atoms. The largest absolute Gasteiger partial charge is 0.462 e. The van der Waals surface area contributed by atoms with E-state index >= 15 is 0 Å². The number of hydrogen-bond donors (Lipinski definition) is 2. The van der Waals surface area contributed by atoms with Gasteiger partial charge in [-0.15, -0.1) is 11.8 Å². The number of H-pyrrole nitrogens is 1. The van der Waals surface area contributed by atoms with Gasteiger partial charge < -0.3 is 19.8 Å². The molecule has 8 heteroatoms. The average molecular weight is 404 g/mol. The summed E-state index contributed by atoms with van der Waals surface area (Å²) in [6, 6.07) is 9.86. The Hall–Kier alpha value is -2.74. The molecule has 0 fully saturated rings. The van der Waals surface area contributed by atoms with E-state index in [2.05, 4.69) is 10.3 Å². The summed E-state index contributed by atoms with van der Waals surface area (Å²) in [5.74, 6) is -0.860. The molecule has 7 nitrogen and oxygen atoms in total. The van der Waals surface area contributed by atoms with Gasteiger partial charge in [0.25, 0.3) is 5.91 Å². The molecule has 1 heterocycles. The molecule has 0 atom stereocenters. The number of carbonyl (C=O) groups excluding carboxylic acids is 3. The summed E-state index contributed by atoms with van der Waals surface area (Å²) in [4.78, 5) is 40.0. The van der Waals surface area contributed by atoms with Crippen LogP contribution < -0.4 is 5.32 Å². The third kappa shape index (κ3) is 5.88. The molecule has 0 aliphatic rings. The lowest BCUT2D eigenvalue weighted by Gasteiger charge is -2.07. The maximum Gasteiger partial charge on any atom is 0.355 e. The van der Waals surface area contributed by atoms with Crippen LogP contribution in [0.1, 0.15) is 39.0 Å². The lowest BCUT2D eigenvalue weighted by molar-refractivity contribution is -0.124. The summed E-state index contributed by atoms with van der Waals surface area (Å²) in [5, 5.41) is 2.70. The second-order valence-corrected chi connectivity index (χ2v) is 7.10. The predicted octanol–water partition coefficient (Wildman–Crippen LogP) is 2.87.